The summed E-state index contributed by atoms with van der Waals surface area (Å²) in [6.45, 7) is 2.22. The lowest BCUT2D eigenvalue weighted by Gasteiger charge is -2.16. The Labute approximate surface area is 121 Å². The Morgan fingerprint density at radius 2 is 2.00 bits per heavy atom. The molecule has 0 amide bonds. The summed E-state index contributed by atoms with van der Waals surface area (Å²) in [4.78, 5) is 11.1. The van der Waals surface area contributed by atoms with Crippen LogP contribution in [0, 0.1) is 0 Å². The van der Waals surface area contributed by atoms with Crippen LogP contribution in [0.3, 0.4) is 0 Å². The number of hydrogen-bond donors (Lipinski definition) is 1. The first-order valence-electron chi connectivity index (χ1n) is 6.10. The molecule has 0 atom stereocenters. The van der Waals surface area contributed by atoms with Crippen LogP contribution in [0.25, 0.3) is 10.1 Å². The highest BCUT2D eigenvalue weighted by atomic mass is 32.2. The zero-order chi connectivity index (χ0) is 14.9. The molecule has 1 aromatic carbocycles. The number of fused-ring (bicyclic) bond motifs is 1. The molecule has 0 saturated heterocycles. The first-order valence-corrected chi connectivity index (χ1v) is 8.36. The molecule has 0 saturated carbocycles. The van der Waals surface area contributed by atoms with Crippen molar-refractivity contribution >= 4 is 37.4 Å². The summed E-state index contributed by atoms with van der Waals surface area (Å²) in [6.07, 6.45) is 0.667. The summed E-state index contributed by atoms with van der Waals surface area (Å²) in [5, 5.41) is 9.74. The zero-order valence-corrected chi connectivity index (χ0v) is 12.8. The van der Waals surface area contributed by atoms with Crippen LogP contribution in [-0.4, -0.2) is 37.4 Å². The van der Waals surface area contributed by atoms with Crippen molar-refractivity contribution in [3.05, 3.63) is 29.1 Å². The maximum Gasteiger partial charge on any atom is 0.347 e. The van der Waals surface area contributed by atoms with Gasteiger partial charge in [0.1, 0.15) is 9.77 Å². The van der Waals surface area contributed by atoms with Gasteiger partial charge in [-0.25, -0.2) is 17.5 Å². The SMILES string of the molecule is CCCN(C)S(=O)(=O)c1c(C(=O)O)sc2ccccc12. The van der Waals surface area contributed by atoms with Gasteiger partial charge in [0.05, 0.1) is 0 Å². The number of benzene rings is 1. The average molecular weight is 313 g/mol. The molecule has 108 valence electrons. The molecular weight excluding hydrogens is 298 g/mol. The molecule has 0 fully saturated rings. The summed E-state index contributed by atoms with van der Waals surface area (Å²) in [5.74, 6) is -1.21. The summed E-state index contributed by atoms with van der Waals surface area (Å²) >= 11 is 0.989. The minimum atomic E-state index is -3.80. The highest BCUT2D eigenvalue weighted by molar-refractivity contribution is 7.89. The maximum atomic E-state index is 12.6. The maximum absolute atomic E-state index is 12.6. The van der Waals surface area contributed by atoms with E-state index in [1.807, 2.05) is 6.92 Å². The third-order valence-electron chi connectivity index (χ3n) is 2.95. The highest BCUT2D eigenvalue weighted by Gasteiger charge is 2.30. The zero-order valence-electron chi connectivity index (χ0n) is 11.2. The molecule has 0 aliphatic carbocycles. The van der Waals surface area contributed by atoms with E-state index in [0.29, 0.717) is 23.1 Å². The van der Waals surface area contributed by atoms with Crippen LogP contribution in [0.4, 0.5) is 0 Å². The second-order valence-electron chi connectivity index (χ2n) is 4.39. The van der Waals surface area contributed by atoms with E-state index in [9.17, 15) is 18.3 Å². The molecule has 0 bridgehead atoms. The molecular formula is C13H15NO4S2. The standard InChI is InChI=1S/C13H15NO4S2/c1-3-8-14(2)20(17,18)12-9-6-4-5-7-10(9)19-11(12)13(15)16/h4-7H,3,8H2,1-2H3,(H,15,16). The molecule has 5 nitrogen and oxygen atoms in total. The van der Waals surface area contributed by atoms with Crippen molar-refractivity contribution in [2.24, 2.45) is 0 Å². The number of nitrogens with zero attached hydrogens (tertiary/aromatic N) is 1. The van der Waals surface area contributed by atoms with Gasteiger partial charge in [0.2, 0.25) is 10.0 Å². The molecule has 0 radical (unpaired) electrons. The van der Waals surface area contributed by atoms with Crippen molar-refractivity contribution in [2.45, 2.75) is 18.2 Å². The Morgan fingerprint density at radius 3 is 2.60 bits per heavy atom. The van der Waals surface area contributed by atoms with E-state index in [2.05, 4.69) is 0 Å². The third-order valence-corrected chi connectivity index (χ3v) is 6.18. The number of hydrogen-bond acceptors (Lipinski definition) is 4. The van der Waals surface area contributed by atoms with Crippen LogP contribution in [-0.2, 0) is 10.0 Å². The molecule has 2 aromatic rings. The number of rotatable bonds is 5. The third kappa shape index (κ3) is 2.44. The van der Waals surface area contributed by atoms with Gasteiger partial charge < -0.3 is 5.11 Å². The fraction of sp³-hybridized carbons (Fsp3) is 0.308. The number of sulfonamides is 1. The molecule has 0 spiro atoms. The van der Waals surface area contributed by atoms with E-state index in [1.165, 1.54) is 11.4 Å². The minimum absolute atomic E-state index is 0.0958. The second kappa shape index (κ2) is 5.51. The largest absolute Gasteiger partial charge is 0.477 e. The molecule has 2 rings (SSSR count). The van der Waals surface area contributed by atoms with Crippen LogP contribution in [0.1, 0.15) is 23.0 Å². The van der Waals surface area contributed by atoms with Crippen molar-refractivity contribution in [3.8, 4) is 0 Å². The Morgan fingerprint density at radius 1 is 1.35 bits per heavy atom. The van der Waals surface area contributed by atoms with Gasteiger partial charge in [-0.05, 0) is 12.5 Å². The smallest absolute Gasteiger partial charge is 0.347 e. The Hall–Kier alpha value is -1.44. The van der Waals surface area contributed by atoms with E-state index in [4.69, 9.17) is 0 Å². The van der Waals surface area contributed by atoms with E-state index < -0.39 is 16.0 Å². The van der Waals surface area contributed by atoms with Gasteiger partial charge in [-0.2, -0.15) is 0 Å². The lowest BCUT2D eigenvalue weighted by atomic mass is 10.2. The van der Waals surface area contributed by atoms with Gasteiger partial charge in [-0.1, -0.05) is 25.1 Å². The molecule has 20 heavy (non-hydrogen) atoms. The number of carbonyl (C=O) groups is 1. The Balaban J connectivity index is 2.75. The number of carboxylic acids is 1. The van der Waals surface area contributed by atoms with Gasteiger partial charge in [0, 0.05) is 23.7 Å². The average Bonchev–Trinajstić information content (AvgIpc) is 2.79. The van der Waals surface area contributed by atoms with Gasteiger partial charge in [-0.15, -0.1) is 11.3 Å². The van der Waals surface area contributed by atoms with Crippen molar-refractivity contribution in [2.75, 3.05) is 13.6 Å². The van der Waals surface area contributed by atoms with Gasteiger partial charge in [0.25, 0.3) is 0 Å². The van der Waals surface area contributed by atoms with Crippen LogP contribution in [0.5, 0.6) is 0 Å². The first-order chi connectivity index (χ1) is 9.39. The lowest BCUT2D eigenvalue weighted by Crippen LogP contribution is -2.28. The van der Waals surface area contributed by atoms with Gasteiger partial charge in [-0.3, -0.25) is 0 Å². The predicted molar refractivity (Wildman–Crippen MR) is 78.9 cm³/mol. The van der Waals surface area contributed by atoms with E-state index >= 15 is 0 Å². The highest BCUT2D eigenvalue weighted by Crippen LogP contribution is 2.36. The number of carboxylic acid groups (broad SMARTS) is 1. The first kappa shape index (κ1) is 15.0. The summed E-state index contributed by atoms with van der Waals surface area (Å²) < 4.78 is 27.0. The molecule has 0 aliphatic rings. The fourth-order valence-corrected chi connectivity index (χ4v) is 4.96. The normalized spacial score (nSPS) is 12.2. The number of thiophene rings is 1. The van der Waals surface area contributed by atoms with E-state index in [0.717, 1.165) is 11.3 Å². The topological polar surface area (TPSA) is 74.7 Å². The lowest BCUT2D eigenvalue weighted by molar-refractivity contribution is 0.0698. The number of aromatic carboxylic acids is 1. The van der Waals surface area contributed by atoms with Gasteiger partial charge >= 0.3 is 5.97 Å². The molecule has 1 aromatic heterocycles. The van der Waals surface area contributed by atoms with Crippen molar-refractivity contribution in [3.63, 3.8) is 0 Å². The fourth-order valence-electron chi connectivity index (χ4n) is 2.01. The van der Waals surface area contributed by atoms with Crippen molar-refractivity contribution in [1.29, 1.82) is 0 Å². The van der Waals surface area contributed by atoms with Crippen LogP contribution in [0.2, 0.25) is 0 Å². The predicted octanol–water partition coefficient (Wildman–Crippen LogP) is 2.63. The Kier molecular flexibility index (Phi) is 4.12. The molecule has 0 unspecified atom stereocenters. The minimum Gasteiger partial charge on any atom is -0.477 e. The molecule has 1 N–H and O–H groups in total. The van der Waals surface area contributed by atoms with E-state index in [1.54, 1.807) is 24.3 Å². The van der Waals surface area contributed by atoms with Crippen LogP contribution in [0.15, 0.2) is 29.2 Å². The molecule has 0 aliphatic heterocycles. The van der Waals surface area contributed by atoms with Crippen LogP contribution >= 0.6 is 11.3 Å². The monoisotopic (exact) mass is 313 g/mol. The Bertz CT molecular complexity index is 749. The second-order valence-corrected chi connectivity index (χ2v) is 7.42. The summed E-state index contributed by atoms with van der Waals surface area (Å²) in [5.41, 5.74) is 0. The van der Waals surface area contributed by atoms with Gasteiger partial charge in [0.15, 0.2) is 0 Å². The molecule has 7 heteroatoms. The quantitative estimate of drug-likeness (QED) is 0.921. The van der Waals surface area contributed by atoms with Crippen molar-refractivity contribution in [1.82, 2.24) is 4.31 Å². The van der Waals surface area contributed by atoms with Crippen LogP contribution < -0.4 is 0 Å². The summed E-state index contributed by atoms with van der Waals surface area (Å²) in [7, 11) is -2.33. The van der Waals surface area contributed by atoms with E-state index in [-0.39, 0.29) is 9.77 Å². The van der Waals surface area contributed by atoms with Crippen molar-refractivity contribution < 1.29 is 18.3 Å². The molecule has 1 heterocycles. The summed E-state index contributed by atoms with van der Waals surface area (Å²) in [6, 6.07) is 6.84.